The molecule has 0 saturated carbocycles. The molecule has 0 aliphatic heterocycles. The lowest BCUT2D eigenvalue weighted by Gasteiger charge is -2.15. The van der Waals surface area contributed by atoms with Crippen molar-refractivity contribution in [3.63, 3.8) is 0 Å². The van der Waals surface area contributed by atoms with Crippen molar-refractivity contribution in [3.05, 3.63) is 48.2 Å². The van der Waals surface area contributed by atoms with Gasteiger partial charge in [-0.2, -0.15) is 0 Å². The van der Waals surface area contributed by atoms with Gasteiger partial charge in [-0.1, -0.05) is 18.2 Å². The van der Waals surface area contributed by atoms with E-state index in [9.17, 15) is 4.79 Å². The number of carbonyl (C=O) groups excluding carboxylic acids is 1. The van der Waals surface area contributed by atoms with Crippen molar-refractivity contribution in [2.45, 2.75) is 26.3 Å². The van der Waals surface area contributed by atoms with Crippen LogP contribution in [0.2, 0.25) is 0 Å². The zero-order chi connectivity index (χ0) is 19.4. The predicted molar refractivity (Wildman–Crippen MR) is 109 cm³/mol. The molecule has 1 amide bonds. The van der Waals surface area contributed by atoms with Gasteiger partial charge in [0.1, 0.15) is 11.6 Å². The lowest BCUT2D eigenvalue weighted by atomic mass is 10.1. The summed E-state index contributed by atoms with van der Waals surface area (Å²) in [5.41, 5.74) is 8.88. The molecule has 0 spiro atoms. The molecule has 7 heteroatoms. The first-order valence-electron chi connectivity index (χ1n) is 8.97. The molecule has 1 aromatic carbocycles. The van der Waals surface area contributed by atoms with Gasteiger partial charge in [0.15, 0.2) is 0 Å². The molecular formula is C20H25N5O2. The number of pyridine rings is 1. The number of hydrogen-bond acceptors (Lipinski definition) is 5. The highest BCUT2D eigenvalue weighted by atomic mass is 16.5. The van der Waals surface area contributed by atoms with Gasteiger partial charge in [0.25, 0.3) is 0 Å². The second-order valence-corrected chi connectivity index (χ2v) is 6.51. The number of benzene rings is 1. The van der Waals surface area contributed by atoms with Crippen molar-refractivity contribution >= 4 is 34.3 Å². The number of nitrogen functional groups attached to an aromatic ring is 1. The third kappa shape index (κ3) is 4.31. The number of para-hydroxylation sites is 1. The van der Waals surface area contributed by atoms with Crippen LogP contribution in [0.5, 0.6) is 0 Å². The number of aryl methyl sites for hydroxylation is 1. The number of carbonyl (C=O) groups is 1. The van der Waals surface area contributed by atoms with Crippen LogP contribution < -0.4 is 16.4 Å². The molecule has 1 unspecified atom stereocenters. The molecule has 0 radical (unpaired) electrons. The van der Waals surface area contributed by atoms with Gasteiger partial charge in [-0.15, -0.1) is 0 Å². The Hall–Kier alpha value is -3.22. The number of hydrogen-bond donors (Lipinski definition) is 3. The SMILES string of the molecule is CCOC(=O)Nc1ccc(NC(C)Cc2cn(C)c3ccccc23)nc1N. The molecule has 4 N–H and O–H groups in total. The standard InChI is InChI=1S/C20H25N5O2/c1-4-27-20(26)23-16-9-10-18(24-19(16)21)22-13(2)11-14-12-25(3)17-8-6-5-7-15(14)17/h5-10,12-13H,4,11H2,1-3H3,(H,23,26)(H3,21,22,24). The van der Waals surface area contributed by atoms with Gasteiger partial charge in [0.2, 0.25) is 0 Å². The maximum Gasteiger partial charge on any atom is 0.411 e. The Morgan fingerprint density at radius 1 is 1.30 bits per heavy atom. The summed E-state index contributed by atoms with van der Waals surface area (Å²) in [4.78, 5) is 15.8. The lowest BCUT2D eigenvalue weighted by Crippen LogP contribution is -2.20. The monoisotopic (exact) mass is 367 g/mol. The van der Waals surface area contributed by atoms with Gasteiger partial charge in [-0.25, -0.2) is 9.78 Å². The Labute approximate surface area is 158 Å². The topological polar surface area (TPSA) is 94.2 Å². The summed E-state index contributed by atoms with van der Waals surface area (Å²) in [5.74, 6) is 0.903. The molecule has 3 aromatic rings. The Balaban J connectivity index is 1.68. The molecule has 0 aliphatic carbocycles. The first-order valence-corrected chi connectivity index (χ1v) is 8.97. The first-order chi connectivity index (χ1) is 13.0. The van der Waals surface area contributed by atoms with Crippen molar-refractivity contribution in [3.8, 4) is 0 Å². The number of fused-ring (bicyclic) bond motifs is 1. The number of nitrogens with one attached hydrogen (secondary N) is 2. The molecular weight excluding hydrogens is 342 g/mol. The van der Waals surface area contributed by atoms with E-state index in [4.69, 9.17) is 10.5 Å². The molecule has 1 atom stereocenters. The summed E-state index contributed by atoms with van der Waals surface area (Å²) in [6.07, 6.45) is 2.47. The van der Waals surface area contributed by atoms with Crippen LogP contribution in [0.4, 0.5) is 22.1 Å². The Morgan fingerprint density at radius 3 is 2.81 bits per heavy atom. The number of nitrogens with zero attached hydrogens (tertiary/aromatic N) is 2. The van der Waals surface area contributed by atoms with Gasteiger partial charge in [-0.3, -0.25) is 5.32 Å². The van der Waals surface area contributed by atoms with Crippen LogP contribution >= 0.6 is 0 Å². The van der Waals surface area contributed by atoms with E-state index in [0.717, 1.165) is 6.42 Å². The molecule has 142 valence electrons. The molecule has 2 heterocycles. The normalized spacial score (nSPS) is 12.0. The van der Waals surface area contributed by atoms with Crippen LogP contribution in [-0.2, 0) is 18.2 Å². The van der Waals surface area contributed by atoms with Crippen molar-refractivity contribution < 1.29 is 9.53 Å². The third-order valence-corrected chi connectivity index (χ3v) is 4.34. The van der Waals surface area contributed by atoms with Gasteiger partial charge >= 0.3 is 6.09 Å². The van der Waals surface area contributed by atoms with Crippen molar-refractivity contribution in [2.75, 3.05) is 23.0 Å². The van der Waals surface area contributed by atoms with Crippen molar-refractivity contribution in [1.29, 1.82) is 0 Å². The second kappa shape index (κ2) is 7.99. The fourth-order valence-corrected chi connectivity index (χ4v) is 3.16. The summed E-state index contributed by atoms with van der Waals surface area (Å²) in [6, 6.07) is 12.0. The summed E-state index contributed by atoms with van der Waals surface area (Å²) in [7, 11) is 2.06. The highest BCUT2D eigenvalue weighted by Gasteiger charge is 2.12. The predicted octanol–water partition coefficient (Wildman–Crippen LogP) is 3.77. The van der Waals surface area contributed by atoms with Crippen LogP contribution in [0.3, 0.4) is 0 Å². The molecule has 0 saturated heterocycles. The van der Waals surface area contributed by atoms with Gasteiger partial charge in [0, 0.05) is 30.2 Å². The quantitative estimate of drug-likeness (QED) is 0.616. The summed E-state index contributed by atoms with van der Waals surface area (Å²) < 4.78 is 6.99. The lowest BCUT2D eigenvalue weighted by molar-refractivity contribution is 0.168. The number of nitrogens with two attached hydrogens (primary N) is 1. The third-order valence-electron chi connectivity index (χ3n) is 4.34. The van der Waals surface area contributed by atoms with Gasteiger partial charge in [0.05, 0.1) is 12.3 Å². The van der Waals surface area contributed by atoms with Crippen molar-refractivity contribution in [1.82, 2.24) is 9.55 Å². The fraction of sp³-hybridized carbons (Fsp3) is 0.300. The molecule has 7 nitrogen and oxygen atoms in total. The van der Waals surface area contributed by atoms with Crippen LogP contribution in [0.25, 0.3) is 10.9 Å². The van der Waals surface area contributed by atoms with E-state index < -0.39 is 6.09 Å². The highest BCUT2D eigenvalue weighted by molar-refractivity contribution is 5.88. The molecule has 3 rings (SSSR count). The molecule has 2 aromatic heterocycles. The van der Waals surface area contributed by atoms with Gasteiger partial charge in [-0.05, 0) is 44.0 Å². The van der Waals surface area contributed by atoms with E-state index in [1.807, 2.05) is 6.07 Å². The number of ether oxygens (including phenoxy) is 1. The van der Waals surface area contributed by atoms with Crippen LogP contribution in [-0.4, -0.2) is 28.3 Å². The highest BCUT2D eigenvalue weighted by Crippen LogP contribution is 2.23. The summed E-state index contributed by atoms with van der Waals surface area (Å²) in [5, 5.41) is 7.20. The fourth-order valence-electron chi connectivity index (χ4n) is 3.16. The molecule has 0 bridgehead atoms. The number of amides is 1. The zero-order valence-electron chi connectivity index (χ0n) is 15.8. The Kier molecular flexibility index (Phi) is 5.49. The summed E-state index contributed by atoms with van der Waals surface area (Å²) in [6.45, 7) is 4.14. The number of anilines is 3. The molecule has 27 heavy (non-hydrogen) atoms. The summed E-state index contributed by atoms with van der Waals surface area (Å²) >= 11 is 0. The van der Waals surface area contributed by atoms with E-state index in [1.54, 1.807) is 19.1 Å². The average molecular weight is 367 g/mol. The molecule has 0 aliphatic rings. The Bertz CT molecular complexity index is 951. The van der Waals surface area contributed by atoms with Crippen molar-refractivity contribution in [2.24, 2.45) is 7.05 Å². The van der Waals surface area contributed by atoms with Crippen LogP contribution in [0, 0.1) is 0 Å². The Morgan fingerprint density at radius 2 is 2.07 bits per heavy atom. The largest absolute Gasteiger partial charge is 0.450 e. The number of rotatable bonds is 6. The van der Waals surface area contributed by atoms with E-state index in [-0.39, 0.29) is 11.9 Å². The minimum Gasteiger partial charge on any atom is -0.450 e. The van der Waals surface area contributed by atoms with Gasteiger partial charge < -0.3 is 20.4 Å². The second-order valence-electron chi connectivity index (χ2n) is 6.51. The maximum absolute atomic E-state index is 11.5. The molecule has 0 fully saturated rings. The average Bonchev–Trinajstić information content (AvgIpc) is 2.94. The maximum atomic E-state index is 11.5. The minimum absolute atomic E-state index is 0.159. The van der Waals surface area contributed by atoms with E-state index in [2.05, 4.69) is 58.6 Å². The smallest absolute Gasteiger partial charge is 0.411 e. The van der Waals surface area contributed by atoms with Crippen LogP contribution in [0.15, 0.2) is 42.6 Å². The van der Waals surface area contributed by atoms with E-state index in [1.165, 1.54) is 16.5 Å². The zero-order valence-corrected chi connectivity index (χ0v) is 15.8. The van der Waals surface area contributed by atoms with Crippen LogP contribution in [0.1, 0.15) is 19.4 Å². The van der Waals surface area contributed by atoms with E-state index in [0.29, 0.717) is 18.1 Å². The van der Waals surface area contributed by atoms with E-state index >= 15 is 0 Å². The number of aromatic nitrogens is 2. The minimum atomic E-state index is -0.545. The first kappa shape index (κ1) is 18.6.